The molecule has 0 aliphatic carbocycles. The second-order valence-corrected chi connectivity index (χ2v) is 5.80. The molecular weight excluding hydrogens is 345 g/mol. The van der Waals surface area contributed by atoms with E-state index < -0.39 is 0 Å². The maximum atomic E-state index is 12.2. The molecule has 1 amide bonds. The fourth-order valence-corrected chi connectivity index (χ4v) is 2.84. The van der Waals surface area contributed by atoms with Crippen LogP contribution in [0.25, 0.3) is 0 Å². The molecule has 1 fully saturated rings. The molecule has 0 bridgehead atoms. The van der Waals surface area contributed by atoms with E-state index in [1.807, 2.05) is 6.07 Å². The van der Waals surface area contributed by atoms with E-state index in [1.165, 1.54) is 5.56 Å². The molecular formula is C18H23Cl2N3O. The number of carbonyl (C=O) groups excluding carboxylic acids is 1. The van der Waals surface area contributed by atoms with Crippen molar-refractivity contribution < 1.29 is 4.79 Å². The average molecular weight is 368 g/mol. The number of nitrogen functional groups attached to an aromatic ring is 1. The minimum absolute atomic E-state index is 0. The Morgan fingerprint density at radius 1 is 1.08 bits per heavy atom. The Morgan fingerprint density at radius 2 is 1.75 bits per heavy atom. The van der Waals surface area contributed by atoms with Gasteiger partial charge in [-0.3, -0.25) is 9.69 Å². The molecule has 6 heteroatoms. The molecule has 3 N–H and O–H groups in total. The lowest BCUT2D eigenvalue weighted by atomic mass is 10.1. The average Bonchev–Trinajstić information content (AvgIpc) is 2.96. The third-order valence-corrected chi connectivity index (χ3v) is 4.03. The zero-order valence-electron chi connectivity index (χ0n) is 13.4. The number of anilines is 1. The number of nitrogens with zero attached hydrogens (tertiary/aromatic N) is 1. The zero-order valence-corrected chi connectivity index (χ0v) is 15.0. The number of carbonyl (C=O) groups is 1. The molecule has 0 saturated carbocycles. The van der Waals surface area contributed by atoms with E-state index in [0.717, 1.165) is 26.1 Å². The number of rotatable bonds is 4. The minimum Gasteiger partial charge on any atom is -0.399 e. The van der Waals surface area contributed by atoms with Crippen molar-refractivity contribution in [3.05, 3.63) is 65.7 Å². The number of amides is 1. The Morgan fingerprint density at radius 3 is 2.42 bits per heavy atom. The molecule has 1 atom stereocenters. The molecule has 1 saturated heterocycles. The quantitative estimate of drug-likeness (QED) is 0.816. The first-order valence-electron chi connectivity index (χ1n) is 7.63. The summed E-state index contributed by atoms with van der Waals surface area (Å²) in [5.74, 6) is -0.0217. The maximum Gasteiger partial charge on any atom is 0.251 e. The van der Waals surface area contributed by atoms with Gasteiger partial charge in [-0.1, -0.05) is 30.3 Å². The molecule has 0 aromatic heterocycles. The molecule has 3 rings (SSSR count). The molecule has 24 heavy (non-hydrogen) atoms. The van der Waals surface area contributed by atoms with Gasteiger partial charge in [0.05, 0.1) is 0 Å². The lowest BCUT2D eigenvalue weighted by molar-refractivity contribution is 0.0937. The molecule has 1 heterocycles. The van der Waals surface area contributed by atoms with Crippen LogP contribution < -0.4 is 11.1 Å². The third kappa shape index (κ3) is 5.41. The molecule has 2 aromatic rings. The highest BCUT2D eigenvalue weighted by Gasteiger charge is 2.24. The van der Waals surface area contributed by atoms with Crippen LogP contribution in [0, 0.1) is 0 Å². The van der Waals surface area contributed by atoms with Crippen molar-refractivity contribution in [3.63, 3.8) is 0 Å². The summed E-state index contributed by atoms with van der Waals surface area (Å²) < 4.78 is 0. The van der Waals surface area contributed by atoms with Crippen LogP contribution in [-0.2, 0) is 6.54 Å². The summed E-state index contributed by atoms with van der Waals surface area (Å²) in [6.45, 7) is 2.85. The van der Waals surface area contributed by atoms with Crippen LogP contribution in [0.1, 0.15) is 22.3 Å². The summed E-state index contributed by atoms with van der Waals surface area (Å²) in [5.41, 5.74) is 8.29. The molecule has 1 aliphatic heterocycles. The Bertz CT molecular complexity index is 634. The predicted molar refractivity (Wildman–Crippen MR) is 103 cm³/mol. The van der Waals surface area contributed by atoms with Crippen molar-refractivity contribution in [2.24, 2.45) is 0 Å². The normalized spacial score (nSPS) is 16.8. The third-order valence-electron chi connectivity index (χ3n) is 4.03. The lowest BCUT2D eigenvalue weighted by Gasteiger charge is -2.17. The van der Waals surface area contributed by atoms with E-state index in [0.29, 0.717) is 11.3 Å². The van der Waals surface area contributed by atoms with Gasteiger partial charge in [0.15, 0.2) is 0 Å². The summed E-state index contributed by atoms with van der Waals surface area (Å²) in [4.78, 5) is 14.6. The number of nitrogens with one attached hydrogen (secondary N) is 1. The fourth-order valence-electron chi connectivity index (χ4n) is 2.84. The number of hydrogen-bond acceptors (Lipinski definition) is 3. The first-order valence-corrected chi connectivity index (χ1v) is 7.63. The Labute approximate surface area is 155 Å². The van der Waals surface area contributed by atoms with E-state index in [1.54, 1.807) is 24.3 Å². The number of nitrogens with two attached hydrogens (primary N) is 1. The molecule has 130 valence electrons. The number of likely N-dealkylation sites (tertiary alicyclic amines) is 1. The van der Waals surface area contributed by atoms with Crippen LogP contribution in [-0.4, -0.2) is 29.9 Å². The zero-order chi connectivity index (χ0) is 15.4. The van der Waals surface area contributed by atoms with E-state index in [9.17, 15) is 4.79 Å². The van der Waals surface area contributed by atoms with Gasteiger partial charge in [-0.2, -0.15) is 0 Å². The number of hydrogen-bond donors (Lipinski definition) is 2. The molecule has 0 spiro atoms. The lowest BCUT2D eigenvalue weighted by Crippen LogP contribution is -2.36. The molecule has 1 unspecified atom stereocenters. The molecule has 2 aromatic carbocycles. The highest BCUT2D eigenvalue weighted by atomic mass is 35.5. The van der Waals surface area contributed by atoms with Gasteiger partial charge in [-0.15, -0.1) is 24.8 Å². The topological polar surface area (TPSA) is 58.4 Å². The fraction of sp³-hybridized carbons (Fsp3) is 0.278. The summed E-state index contributed by atoms with van der Waals surface area (Å²) >= 11 is 0. The number of benzene rings is 2. The van der Waals surface area contributed by atoms with Gasteiger partial charge in [0, 0.05) is 36.9 Å². The molecule has 0 radical (unpaired) electrons. The van der Waals surface area contributed by atoms with Crippen molar-refractivity contribution in [1.82, 2.24) is 10.2 Å². The van der Waals surface area contributed by atoms with Gasteiger partial charge in [0.1, 0.15) is 0 Å². The van der Waals surface area contributed by atoms with Gasteiger partial charge >= 0.3 is 0 Å². The first kappa shape index (κ1) is 20.3. The van der Waals surface area contributed by atoms with Crippen molar-refractivity contribution in [1.29, 1.82) is 0 Å². The van der Waals surface area contributed by atoms with Crippen LogP contribution in [0.3, 0.4) is 0 Å². The van der Waals surface area contributed by atoms with Crippen LogP contribution >= 0.6 is 24.8 Å². The predicted octanol–water partition coefficient (Wildman–Crippen LogP) is 3.12. The summed E-state index contributed by atoms with van der Waals surface area (Å²) in [7, 11) is 0. The van der Waals surface area contributed by atoms with E-state index >= 15 is 0 Å². The monoisotopic (exact) mass is 367 g/mol. The van der Waals surface area contributed by atoms with Crippen molar-refractivity contribution in [2.45, 2.75) is 19.0 Å². The summed E-state index contributed by atoms with van der Waals surface area (Å²) in [6.07, 6.45) is 0.994. The van der Waals surface area contributed by atoms with Crippen LogP contribution in [0.4, 0.5) is 5.69 Å². The molecule has 4 nitrogen and oxygen atoms in total. The van der Waals surface area contributed by atoms with E-state index in [-0.39, 0.29) is 36.8 Å². The molecule has 1 aliphatic rings. The summed E-state index contributed by atoms with van der Waals surface area (Å²) in [6, 6.07) is 17.7. The highest BCUT2D eigenvalue weighted by molar-refractivity contribution is 5.94. The maximum absolute atomic E-state index is 12.2. The van der Waals surface area contributed by atoms with Crippen molar-refractivity contribution >= 4 is 36.4 Å². The van der Waals surface area contributed by atoms with Crippen LogP contribution in [0.15, 0.2) is 54.6 Å². The van der Waals surface area contributed by atoms with Gasteiger partial charge in [0.25, 0.3) is 5.91 Å². The van der Waals surface area contributed by atoms with Gasteiger partial charge < -0.3 is 11.1 Å². The van der Waals surface area contributed by atoms with E-state index in [2.05, 4.69) is 34.5 Å². The largest absolute Gasteiger partial charge is 0.399 e. The summed E-state index contributed by atoms with van der Waals surface area (Å²) in [5, 5.41) is 3.11. The Kier molecular flexibility index (Phi) is 8.05. The minimum atomic E-state index is -0.0217. The van der Waals surface area contributed by atoms with Crippen LogP contribution in [0.2, 0.25) is 0 Å². The van der Waals surface area contributed by atoms with Crippen molar-refractivity contribution in [2.75, 3.05) is 18.8 Å². The SMILES string of the molecule is Cl.Cl.Nc1ccc(C(=O)NC2CCN(Cc3ccccc3)C2)cc1. The van der Waals surface area contributed by atoms with Crippen molar-refractivity contribution in [3.8, 4) is 0 Å². The van der Waals surface area contributed by atoms with Gasteiger partial charge in [-0.25, -0.2) is 0 Å². The second kappa shape index (κ2) is 9.52. The van der Waals surface area contributed by atoms with Gasteiger partial charge in [-0.05, 0) is 36.2 Å². The Balaban J connectivity index is 0.00000144. The smallest absolute Gasteiger partial charge is 0.251 e. The Hall–Kier alpha value is -1.75. The number of halogens is 2. The first-order chi connectivity index (χ1) is 10.7. The van der Waals surface area contributed by atoms with E-state index in [4.69, 9.17) is 5.73 Å². The van der Waals surface area contributed by atoms with Gasteiger partial charge in [0.2, 0.25) is 0 Å². The standard InChI is InChI=1S/C18H21N3O.2ClH/c19-16-8-6-15(7-9-16)18(22)20-17-10-11-21(13-17)12-14-4-2-1-3-5-14;;/h1-9,17H,10-13,19H2,(H,20,22);2*1H. The second-order valence-electron chi connectivity index (χ2n) is 5.80. The van der Waals surface area contributed by atoms with Crippen LogP contribution in [0.5, 0.6) is 0 Å². The highest BCUT2D eigenvalue weighted by Crippen LogP contribution is 2.14.